The molecule has 0 radical (unpaired) electrons. The minimum Gasteiger partial charge on any atom is -0.497 e. The first-order valence-electron chi connectivity index (χ1n) is 15.1. The lowest BCUT2D eigenvalue weighted by Crippen LogP contribution is -2.53. The molecule has 0 aliphatic heterocycles. The lowest BCUT2D eigenvalue weighted by Gasteiger charge is -2.34. The molecular weight excluding hydrogens is 622 g/mol. The van der Waals surface area contributed by atoms with Gasteiger partial charge in [-0.3, -0.25) is 13.9 Å². The highest BCUT2D eigenvalue weighted by molar-refractivity contribution is 7.92. The molecule has 46 heavy (non-hydrogen) atoms. The van der Waals surface area contributed by atoms with Crippen molar-refractivity contribution in [1.82, 2.24) is 10.2 Å². The van der Waals surface area contributed by atoms with E-state index >= 15 is 0 Å². The van der Waals surface area contributed by atoms with Gasteiger partial charge in [0.2, 0.25) is 11.8 Å². The van der Waals surface area contributed by atoms with Crippen molar-refractivity contribution in [2.45, 2.75) is 51.1 Å². The number of amides is 2. The summed E-state index contributed by atoms with van der Waals surface area (Å²) in [5.41, 5.74) is 3.48. The molecule has 1 atom stereocenters. The van der Waals surface area contributed by atoms with Crippen LogP contribution in [0.2, 0.25) is 5.02 Å². The van der Waals surface area contributed by atoms with Gasteiger partial charge < -0.3 is 15.0 Å². The first-order valence-corrected chi connectivity index (χ1v) is 16.9. The van der Waals surface area contributed by atoms with Crippen molar-refractivity contribution in [3.63, 3.8) is 0 Å². The summed E-state index contributed by atoms with van der Waals surface area (Å²) in [7, 11) is -2.67. The summed E-state index contributed by atoms with van der Waals surface area (Å²) in [6.07, 6.45) is 0.942. The monoisotopic (exact) mass is 661 g/mol. The molecule has 0 bridgehead atoms. The quantitative estimate of drug-likeness (QED) is 0.171. The van der Waals surface area contributed by atoms with Crippen LogP contribution < -0.4 is 14.4 Å². The number of hydrogen-bond donors (Lipinski definition) is 1. The Morgan fingerprint density at radius 1 is 0.891 bits per heavy atom. The average Bonchev–Trinajstić information content (AvgIpc) is 3.06. The molecule has 10 heteroatoms. The zero-order chi connectivity index (χ0) is 33.3. The molecule has 242 valence electrons. The fraction of sp³-hybridized carbons (Fsp3) is 0.278. The van der Waals surface area contributed by atoms with E-state index in [1.165, 1.54) is 23.1 Å². The van der Waals surface area contributed by atoms with Crippen LogP contribution in [0.3, 0.4) is 0 Å². The number of anilines is 1. The molecule has 0 saturated heterocycles. The average molecular weight is 662 g/mol. The number of benzene rings is 4. The Bertz CT molecular complexity index is 1750. The number of carbonyl (C=O) groups is 2. The standard InChI is InChI=1S/C36H40ClN3O5S/c1-5-20-38-36(42)34(22-28-10-7-6-8-11-28)39(24-29-12-9-13-31(21-29)45-4)35(41)25-40(30-17-16-27(3)33(37)23-30)46(43,44)32-18-14-26(2)15-19-32/h6-19,21,23,34H,5,20,22,24-25H2,1-4H3,(H,38,42)/t34-/m1/s1. The molecule has 0 unspecified atom stereocenters. The van der Waals surface area contributed by atoms with E-state index in [1.54, 1.807) is 43.5 Å². The summed E-state index contributed by atoms with van der Waals surface area (Å²) in [5.74, 6) is -0.283. The number of carbonyl (C=O) groups excluding carboxylic acids is 2. The van der Waals surface area contributed by atoms with E-state index in [-0.39, 0.29) is 29.5 Å². The van der Waals surface area contributed by atoms with Gasteiger partial charge in [-0.15, -0.1) is 0 Å². The normalized spacial score (nSPS) is 11.8. The smallest absolute Gasteiger partial charge is 0.264 e. The van der Waals surface area contributed by atoms with Gasteiger partial charge in [0.25, 0.3) is 10.0 Å². The number of hydrogen-bond acceptors (Lipinski definition) is 5. The summed E-state index contributed by atoms with van der Waals surface area (Å²) < 4.78 is 34.9. The van der Waals surface area contributed by atoms with Crippen LogP contribution in [0.5, 0.6) is 5.75 Å². The number of halogens is 1. The molecule has 0 heterocycles. The molecule has 0 aliphatic rings. The van der Waals surface area contributed by atoms with Crippen LogP contribution in [0.4, 0.5) is 5.69 Å². The summed E-state index contributed by atoms with van der Waals surface area (Å²) >= 11 is 6.46. The van der Waals surface area contributed by atoms with Gasteiger partial charge in [0, 0.05) is 24.5 Å². The van der Waals surface area contributed by atoms with Crippen molar-refractivity contribution >= 4 is 39.1 Å². The van der Waals surface area contributed by atoms with Crippen molar-refractivity contribution in [3.05, 3.63) is 124 Å². The van der Waals surface area contributed by atoms with Gasteiger partial charge in [0.1, 0.15) is 18.3 Å². The third-order valence-corrected chi connectivity index (χ3v) is 9.83. The Kier molecular flexibility index (Phi) is 11.8. The van der Waals surface area contributed by atoms with Crippen LogP contribution in [0, 0.1) is 13.8 Å². The van der Waals surface area contributed by atoms with E-state index < -0.39 is 28.5 Å². The number of ether oxygens (including phenoxy) is 1. The van der Waals surface area contributed by atoms with Crippen LogP contribution in [-0.2, 0) is 32.6 Å². The van der Waals surface area contributed by atoms with E-state index in [1.807, 2.05) is 63.2 Å². The van der Waals surface area contributed by atoms with Crippen LogP contribution >= 0.6 is 11.6 Å². The van der Waals surface area contributed by atoms with Crippen LogP contribution in [0.15, 0.2) is 102 Å². The van der Waals surface area contributed by atoms with Crippen molar-refractivity contribution < 1.29 is 22.7 Å². The predicted molar refractivity (Wildman–Crippen MR) is 183 cm³/mol. The van der Waals surface area contributed by atoms with Gasteiger partial charge in [0.05, 0.1) is 17.7 Å². The van der Waals surface area contributed by atoms with Crippen LogP contribution in [-0.4, -0.2) is 51.4 Å². The molecule has 4 aromatic carbocycles. The Balaban J connectivity index is 1.82. The number of nitrogens with zero attached hydrogens (tertiary/aromatic N) is 2. The Morgan fingerprint density at radius 2 is 1.59 bits per heavy atom. The summed E-state index contributed by atoms with van der Waals surface area (Å²) in [6.45, 7) is 5.54. The molecule has 0 fully saturated rings. The summed E-state index contributed by atoms with van der Waals surface area (Å²) in [6, 6.07) is 27.1. The molecule has 8 nitrogen and oxygen atoms in total. The zero-order valence-electron chi connectivity index (χ0n) is 26.6. The van der Waals surface area contributed by atoms with Gasteiger partial charge in [-0.05, 0) is 73.4 Å². The molecule has 1 N–H and O–H groups in total. The molecule has 4 aromatic rings. The van der Waals surface area contributed by atoms with E-state index in [2.05, 4.69) is 5.32 Å². The fourth-order valence-corrected chi connectivity index (χ4v) is 6.57. The first-order chi connectivity index (χ1) is 22.0. The van der Waals surface area contributed by atoms with E-state index in [9.17, 15) is 18.0 Å². The number of nitrogens with one attached hydrogen (secondary N) is 1. The lowest BCUT2D eigenvalue weighted by atomic mass is 10.0. The van der Waals surface area contributed by atoms with E-state index in [0.717, 1.165) is 26.6 Å². The molecule has 2 amide bonds. The topological polar surface area (TPSA) is 96.0 Å². The maximum Gasteiger partial charge on any atom is 0.264 e. The molecule has 0 saturated carbocycles. The number of sulfonamides is 1. The summed E-state index contributed by atoms with van der Waals surface area (Å²) in [4.78, 5) is 29.8. The third-order valence-electron chi connectivity index (χ3n) is 7.64. The second kappa shape index (κ2) is 15.8. The second-order valence-electron chi connectivity index (χ2n) is 11.1. The molecule has 0 spiro atoms. The highest BCUT2D eigenvalue weighted by Gasteiger charge is 2.34. The second-order valence-corrected chi connectivity index (χ2v) is 13.4. The van der Waals surface area contributed by atoms with Gasteiger partial charge in [-0.2, -0.15) is 0 Å². The Hall–Kier alpha value is -4.34. The fourth-order valence-electron chi connectivity index (χ4n) is 4.99. The minimum atomic E-state index is -4.22. The lowest BCUT2D eigenvalue weighted by molar-refractivity contribution is -0.140. The largest absolute Gasteiger partial charge is 0.497 e. The molecular formula is C36H40ClN3O5S. The number of rotatable bonds is 14. The van der Waals surface area contributed by atoms with Gasteiger partial charge in [-0.1, -0.05) is 84.8 Å². The van der Waals surface area contributed by atoms with Crippen LogP contribution in [0.1, 0.15) is 35.6 Å². The predicted octanol–water partition coefficient (Wildman–Crippen LogP) is 6.33. The minimum absolute atomic E-state index is 0.0310. The highest BCUT2D eigenvalue weighted by atomic mass is 35.5. The molecule has 0 aromatic heterocycles. The van der Waals surface area contributed by atoms with Gasteiger partial charge in [-0.25, -0.2) is 8.42 Å². The first kappa shape index (κ1) is 34.5. The van der Waals surface area contributed by atoms with Gasteiger partial charge >= 0.3 is 0 Å². The van der Waals surface area contributed by atoms with E-state index in [4.69, 9.17) is 16.3 Å². The van der Waals surface area contributed by atoms with Crippen LogP contribution in [0.25, 0.3) is 0 Å². The highest BCUT2D eigenvalue weighted by Crippen LogP contribution is 2.29. The van der Waals surface area contributed by atoms with E-state index in [0.29, 0.717) is 23.7 Å². The third kappa shape index (κ3) is 8.68. The number of aryl methyl sites for hydroxylation is 2. The van der Waals surface area contributed by atoms with Gasteiger partial charge in [0.15, 0.2) is 0 Å². The Morgan fingerprint density at radius 3 is 2.24 bits per heavy atom. The SMILES string of the molecule is CCCNC(=O)[C@@H](Cc1ccccc1)N(Cc1cccc(OC)c1)C(=O)CN(c1ccc(C)c(Cl)c1)S(=O)(=O)c1ccc(C)cc1. The Labute approximate surface area is 277 Å². The number of methoxy groups -OCH3 is 1. The van der Waals surface area contributed by atoms with Crippen molar-refractivity contribution in [2.24, 2.45) is 0 Å². The molecule has 4 rings (SSSR count). The van der Waals surface area contributed by atoms with Crippen molar-refractivity contribution in [3.8, 4) is 5.75 Å². The maximum absolute atomic E-state index is 14.6. The zero-order valence-corrected chi connectivity index (χ0v) is 28.1. The van der Waals surface area contributed by atoms with Crippen molar-refractivity contribution in [2.75, 3.05) is 24.5 Å². The van der Waals surface area contributed by atoms with Crippen molar-refractivity contribution in [1.29, 1.82) is 0 Å². The summed E-state index contributed by atoms with van der Waals surface area (Å²) in [5, 5.41) is 3.31. The maximum atomic E-state index is 14.6. The molecule has 0 aliphatic carbocycles.